The Morgan fingerprint density at radius 2 is 2.09 bits per heavy atom. The number of carboxylic acids is 1. The molecule has 0 bridgehead atoms. The van der Waals surface area contributed by atoms with Crippen LogP contribution < -0.4 is 0 Å². The predicted molar refractivity (Wildman–Crippen MR) is 86.2 cm³/mol. The van der Waals surface area contributed by atoms with Crippen molar-refractivity contribution in [2.75, 3.05) is 26.8 Å². The number of hydrogen-bond acceptors (Lipinski definition) is 4. The number of carbonyl (C=O) groups is 1. The van der Waals surface area contributed by atoms with E-state index in [4.69, 9.17) is 9.84 Å². The molecular weight excluding hydrogens is 318 g/mol. The second kappa shape index (κ2) is 6.98. The molecule has 1 aromatic carbocycles. The molecule has 1 N–H and O–H groups in total. The molecular formula is C16H23NO5S. The molecule has 0 amide bonds. The third-order valence-corrected chi connectivity index (χ3v) is 6.27. The van der Waals surface area contributed by atoms with Crippen LogP contribution in [0.15, 0.2) is 17.0 Å². The van der Waals surface area contributed by atoms with Gasteiger partial charge in [-0.2, -0.15) is 0 Å². The van der Waals surface area contributed by atoms with Gasteiger partial charge in [0, 0.05) is 20.2 Å². The van der Waals surface area contributed by atoms with Crippen molar-refractivity contribution in [2.24, 2.45) is 5.92 Å². The summed E-state index contributed by atoms with van der Waals surface area (Å²) in [7, 11) is -2.20. The first-order valence-corrected chi connectivity index (χ1v) is 9.06. The Balaban J connectivity index is 2.32. The van der Waals surface area contributed by atoms with Crippen molar-refractivity contribution >= 4 is 16.0 Å². The van der Waals surface area contributed by atoms with Gasteiger partial charge in [0.05, 0.1) is 17.1 Å². The summed E-state index contributed by atoms with van der Waals surface area (Å²) in [5, 5.41) is 9.17. The number of sulfonamides is 1. The number of nitrogens with zero attached hydrogens (tertiary/aromatic N) is 1. The van der Waals surface area contributed by atoms with Crippen molar-refractivity contribution in [2.45, 2.75) is 31.6 Å². The van der Waals surface area contributed by atoms with Gasteiger partial charge in [-0.3, -0.25) is 0 Å². The van der Waals surface area contributed by atoms with Crippen LogP contribution in [0.1, 0.15) is 34.3 Å². The fourth-order valence-corrected chi connectivity index (χ4v) is 4.37. The molecule has 1 aliphatic heterocycles. The zero-order valence-corrected chi connectivity index (χ0v) is 14.5. The summed E-state index contributed by atoms with van der Waals surface area (Å²) in [4.78, 5) is 11.3. The van der Waals surface area contributed by atoms with Crippen molar-refractivity contribution in [3.05, 3.63) is 28.8 Å². The van der Waals surface area contributed by atoms with Crippen LogP contribution in [0.25, 0.3) is 0 Å². The number of aromatic carboxylic acids is 1. The van der Waals surface area contributed by atoms with Crippen LogP contribution in [0, 0.1) is 19.8 Å². The molecule has 1 aromatic rings. The maximum Gasteiger partial charge on any atom is 0.335 e. The van der Waals surface area contributed by atoms with E-state index in [2.05, 4.69) is 0 Å². The fraction of sp³-hybridized carbons (Fsp3) is 0.562. The Bertz CT molecular complexity index is 693. The van der Waals surface area contributed by atoms with E-state index in [0.29, 0.717) is 24.3 Å². The smallest absolute Gasteiger partial charge is 0.335 e. The molecule has 2 rings (SSSR count). The number of ether oxygens (including phenoxy) is 1. The van der Waals surface area contributed by atoms with Gasteiger partial charge in [0.1, 0.15) is 0 Å². The predicted octanol–water partition coefficient (Wildman–Crippen LogP) is 2.05. The molecule has 0 radical (unpaired) electrons. The Hall–Kier alpha value is -1.44. The van der Waals surface area contributed by atoms with Crippen LogP contribution in [-0.2, 0) is 14.8 Å². The lowest BCUT2D eigenvalue weighted by atomic mass is 10.0. The summed E-state index contributed by atoms with van der Waals surface area (Å²) >= 11 is 0. The molecule has 6 nitrogen and oxygen atoms in total. The molecule has 1 saturated heterocycles. The molecule has 128 valence electrons. The Morgan fingerprint density at radius 1 is 1.39 bits per heavy atom. The van der Waals surface area contributed by atoms with Gasteiger partial charge in [0.25, 0.3) is 0 Å². The summed E-state index contributed by atoms with van der Waals surface area (Å²) in [5.41, 5.74) is 1.22. The molecule has 7 heteroatoms. The first kappa shape index (κ1) is 17.9. The van der Waals surface area contributed by atoms with Gasteiger partial charge in [-0.15, -0.1) is 0 Å². The first-order valence-electron chi connectivity index (χ1n) is 7.62. The maximum atomic E-state index is 12.8. The lowest BCUT2D eigenvalue weighted by Crippen LogP contribution is -2.35. The topological polar surface area (TPSA) is 83.9 Å². The van der Waals surface area contributed by atoms with Gasteiger partial charge < -0.3 is 9.84 Å². The number of benzene rings is 1. The van der Waals surface area contributed by atoms with Gasteiger partial charge in [0.2, 0.25) is 10.0 Å². The molecule has 0 spiro atoms. The Morgan fingerprint density at radius 3 is 2.65 bits per heavy atom. The van der Waals surface area contributed by atoms with Crippen molar-refractivity contribution < 1.29 is 23.1 Å². The number of rotatable bonds is 5. The number of carboxylic acid groups (broad SMARTS) is 1. The minimum atomic E-state index is -3.73. The van der Waals surface area contributed by atoms with E-state index in [1.54, 1.807) is 13.8 Å². The summed E-state index contributed by atoms with van der Waals surface area (Å²) in [6.45, 7) is 5.08. The van der Waals surface area contributed by atoms with Crippen molar-refractivity contribution in [3.63, 3.8) is 0 Å². The van der Waals surface area contributed by atoms with Crippen LogP contribution in [0.4, 0.5) is 0 Å². The minimum absolute atomic E-state index is 0.0129. The highest BCUT2D eigenvalue weighted by atomic mass is 32.2. The van der Waals surface area contributed by atoms with Gasteiger partial charge in [0.15, 0.2) is 0 Å². The summed E-state index contributed by atoms with van der Waals surface area (Å²) in [5.74, 6) is -0.958. The number of aryl methyl sites for hydroxylation is 1. The largest absolute Gasteiger partial charge is 0.478 e. The van der Waals surface area contributed by atoms with E-state index in [-0.39, 0.29) is 16.4 Å². The van der Waals surface area contributed by atoms with Crippen LogP contribution in [0.3, 0.4) is 0 Å². The molecule has 0 aliphatic carbocycles. The molecule has 1 atom stereocenters. The zero-order valence-electron chi connectivity index (χ0n) is 13.7. The van der Waals surface area contributed by atoms with Crippen LogP contribution in [0.2, 0.25) is 0 Å². The van der Waals surface area contributed by atoms with Crippen LogP contribution in [-0.4, -0.2) is 50.6 Å². The van der Waals surface area contributed by atoms with E-state index in [0.717, 1.165) is 19.4 Å². The third-order valence-electron chi connectivity index (χ3n) is 4.32. The van der Waals surface area contributed by atoms with Crippen molar-refractivity contribution in [1.29, 1.82) is 0 Å². The molecule has 0 aromatic heterocycles. The maximum absolute atomic E-state index is 12.8. The SMILES string of the molecule is Cc1cc(C(=O)O)cc(S(=O)(=O)N(C)CC2CCCOC2)c1C. The van der Waals surface area contributed by atoms with E-state index in [1.165, 1.54) is 23.5 Å². The standard InChI is InChI=1S/C16H23NO5S/c1-11-7-14(16(18)19)8-15(12(11)2)23(20,21)17(3)9-13-5-4-6-22-10-13/h7-8,13H,4-6,9-10H2,1-3H3,(H,18,19). The second-order valence-electron chi connectivity index (χ2n) is 6.09. The van der Waals surface area contributed by atoms with E-state index >= 15 is 0 Å². The third kappa shape index (κ3) is 3.91. The summed E-state index contributed by atoms with van der Waals surface area (Å²) < 4.78 is 32.4. The van der Waals surface area contributed by atoms with Crippen molar-refractivity contribution in [1.82, 2.24) is 4.31 Å². The highest BCUT2D eigenvalue weighted by molar-refractivity contribution is 7.89. The molecule has 1 fully saturated rings. The minimum Gasteiger partial charge on any atom is -0.478 e. The quantitative estimate of drug-likeness (QED) is 0.886. The van der Waals surface area contributed by atoms with Gasteiger partial charge in [-0.05, 0) is 55.9 Å². The lowest BCUT2D eigenvalue weighted by Gasteiger charge is -2.27. The summed E-state index contributed by atoms with van der Waals surface area (Å²) in [6, 6.07) is 2.74. The monoisotopic (exact) mass is 341 g/mol. The molecule has 1 aliphatic rings. The Kier molecular flexibility index (Phi) is 5.44. The highest BCUT2D eigenvalue weighted by Gasteiger charge is 2.28. The normalized spacial score (nSPS) is 19.0. The summed E-state index contributed by atoms with van der Waals surface area (Å²) in [6.07, 6.45) is 1.87. The second-order valence-corrected chi connectivity index (χ2v) is 8.10. The average Bonchev–Trinajstić information content (AvgIpc) is 2.50. The van der Waals surface area contributed by atoms with Gasteiger partial charge in [-0.25, -0.2) is 17.5 Å². The molecule has 1 unspecified atom stereocenters. The lowest BCUT2D eigenvalue weighted by molar-refractivity contribution is 0.0495. The number of hydrogen-bond donors (Lipinski definition) is 1. The van der Waals surface area contributed by atoms with Gasteiger partial charge >= 0.3 is 5.97 Å². The fourth-order valence-electron chi connectivity index (χ4n) is 2.80. The Labute approximate surface area is 137 Å². The van der Waals surface area contributed by atoms with Crippen LogP contribution in [0.5, 0.6) is 0 Å². The average molecular weight is 341 g/mol. The van der Waals surface area contributed by atoms with Crippen molar-refractivity contribution in [3.8, 4) is 0 Å². The highest BCUT2D eigenvalue weighted by Crippen LogP contribution is 2.25. The molecule has 23 heavy (non-hydrogen) atoms. The van der Waals surface area contributed by atoms with E-state index < -0.39 is 16.0 Å². The molecule has 1 heterocycles. The van der Waals surface area contributed by atoms with Gasteiger partial charge in [-0.1, -0.05) is 0 Å². The van der Waals surface area contributed by atoms with Crippen LogP contribution >= 0.6 is 0 Å². The van der Waals surface area contributed by atoms with E-state index in [9.17, 15) is 13.2 Å². The molecule has 0 saturated carbocycles. The first-order chi connectivity index (χ1) is 10.7. The van der Waals surface area contributed by atoms with E-state index in [1.807, 2.05) is 0 Å². The zero-order chi connectivity index (χ0) is 17.2.